The van der Waals surface area contributed by atoms with Gasteiger partial charge in [-0.15, -0.1) is 0 Å². The highest BCUT2D eigenvalue weighted by molar-refractivity contribution is 6.16. The Kier molecular flexibility index (Phi) is 7.21. The van der Waals surface area contributed by atoms with Crippen molar-refractivity contribution in [2.75, 3.05) is 48.5 Å². The molecular formula is C27H30N2O7. The number of furan rings is 1. The van der Waals surface area contributed by atoms with Crippen LogP contribution in [0.5, 0.6) is 17.2 Å². The zero-order valence-electron chi connectivity index (χ0n) is 21.0. The fourth-order valence-corrected chi connectivity index (χ4v) is 4.48. The van der Waals surface area contributed by atoms with Crippen LogP contribution in [0.1, 0.15) is 28.6 Å². The van der Waals surface area contributed by atoms with Gasteiger partial charge in [0.2, 0.25) is 5.78 Å². The number of methoxy groups -OCH3 is 3. The van der Waals surface area contributed by atoms with E-state index in [9.17, 15) is 14.7 Å². The summed E-state index contributed by atoms with van der Waals surface area (Å²) in [6.07, 6.45) is 0.643. The molecule has 1 amide bonds. The highest BCUT2D eigenvalue weighted by Crippen LogP contribution is 2.44. The number of para-hydroxylation sites is 1. The van der Waals surface area contributed by atoms with Crippen LogP contribution >= 0.6 is 0 Å². The molecule has 0 spiro atoms. The molecule has 2 aromatic carbocycles. The second kappa shape index (κ2) is 10.3. The smallest absolute Gasteiger partial charge is 0.290 e. The molecule has 0 bridgehead atoms. The number of nitrogens with zero attached hydrogens (tertiary/aromatic N) is 2. The fraction of sp³-hybridized carbons (Fsp3) is 0.333. The van der Waals surface area contributed by atoms with Gasteiger partial charge in [0, 0.05) is 23.6 Å². The molecule has 36 heavy (non-hydrogen) atoms. The summed E-state index contributed by atoms with van der Waals surface area (Å²) in [7, 11) is 8.44. The minimum absolute atomic E-state index is 0.00327. The molecule has 1 aromatic heterocycles. The van der Waals surface area contributed by atoms with Crippen LogP contribution in [0.25, 0.3) is 11.0 Å². The SMILES string of the molecule is COc1ccc(C2C(C(=O)c3cc4cccc(OC)c4o3)=C(O)C(=O)N2CCCN(C)C)c(OC)c1. The van der Waals surface area contributed by atoms with Crippen LogP contribution in [0, 0.1) is 0 Å². The summed E-state index contributed by atoms with van der Waals surface area (Å²) in [5.41, 5.74) is 0.901. The number of ether oxygens (including phenoxy) is 3. The largest absolute Gasteiger partial charge is 0.503 e. The van der Waals surface area contributed by atoms with E-state index in [4.69, 9.17) is 18.6 Å². The van der Waals surface area contributed by atoms with Gasteiger partial charge in [0.1, 0.15) is 11.5 Å². The lowest BCUT2D eigenvalue weighted by molar-refractivity contribution is -0.129. The first kappa shape index (κ1) is 25.1. The van der Waals surface area contributed by atoms with Crippen molar-refractivity contribution in [2.24, 2.45) is 0 Å². The number of aliphatic hydroxyl groups is 1. The van der Waals surface area contributed by atoms with Gasteiger partial charge in [0.25, 0.3) is 5.91 Å². The third kappa shape index (κ3) is 4.49. The Balaban J connectivity index is 1.82. The van der Waals surface area contributed by atoms with E-state index < -0.39 is 23.5 Å². The van der Waals surface area contributed by atoms with Crippen LogP contribution in [0.3, 0.4) is 0 Å². The molecule has 0 saturated heterocycles. The van der Waals surface area contributed by atoms with Crippen LogP contribution in [0.4, 0.5) is 0 Å². The summed E-state index contributed by atoms with van der Waals surface area (Å²) in [6.45, 7) is 1.05. The quantitative estimate of drug-likeness (QED) is 0.422. The van der Waals surface area contributed by atoms with Gasteiger partial charge in [-0.3, -0.25) is 9.59 Å². The van der Waals surface area contributed by atoms with E-state index >= 15 is 0 Å². The molecule has 9 nitrogen and oxygen atoms in total. The predicted octanol–water partition coefficient (Wildman–Crippen LogP) is 3.99. The van der Waals surface area contributed by atoms with Gasteiger partial charge in [-0.05, 0) is 51.3 Å². The molecule has 0 saturated carbocycles. The van der Waals surface area contributed by atoms with Crippen molar-refractivity contribution in [1.82, 2.24) is 9.80 Å². The summed E-state index contributed by atoms with van der Waals surface area (Å²) in [5.74, 6) is -0.339. The van der Waals surface area contributed by atoms with Crippen molar-refractivity contribution >= 4 is 22.7 Å². The third-order valence-corrected chi connectivity index (χ3v) is 6.24. The lowest BCUT2D eigenvalue weighted by Gasteiger charge is -2.28. The van der Waals surface area contributed by atoms with Gasteiger partial charge in [-0.2, -0.15) is 0 Å². The number of rotatable bonds is 10. The van der Waals surface area contributed by atoms with Gasteiger partial charge in [-0.25, -0.2) is 0 Å². The van der Waals surface area contributed by atoms with E-state index in [1.54, 1.807) is 42.5 Å². The molecule has 190 valence electrons. The number of amides is 1. The average molecular weight is 495 g/mol. The maximum atomic E-state index is 13.8. The lowest BCUT2D eigenvalue weighted by Crippen LogP contribution is -2.33. The number of fused-ring (bicyclic) bond motifs is 1. The van der Waals surface area contributed by atoms with Crippen LogP contribution in [0.2, 0.25) is 0 Å². The zero-order valence-corrected chi connectivity index (χ0v) is 21.0. The van der Waals surface area contributed by atoms with E-state index in [1.165, 1.54) is 26.2 Å². The second-order valence-electron chi connectivity index (χ2n) is 8.75. The topological polar surface area (TPSA) is 102 Å². The standard InChI is InChI=1S/C27H30N2O7/c1-28(2)12-7-13-29-23(18-11-10-17(33-3)15-20(18)35-5)22(25(31)27(29)32)24(30)21-14-16-8-6-9-19(34-4)26(16)36-21/h6,8-11,14-15,23,31H,7,12-13H2,1-5H3. The van der Waals surface area contributed by atoms with E-state index in [0.29, 0.717) is 46.7 Å². The summed E-state index contributed by atoms with van der Waals surface area (Å²) in [6, 6.07) is 11.2. The lowest BCUT2D eigenvalue weighted by atomic mass is 9.94. The average Bonchev–Trinajstić information content (AvgIpc) is 3.42. The summed E-state index contributed by atoms with van der Waals surface area (Å²) in [5, 5.41) is 11.6. The van der Waals surface area contributed by atoms with E-state index in [0.717, 1.165) is 6.54 Å². The summed E-state index contributed by atoms with van der Waals surface area (Å²) < 4.78 is 22.1. The Morgan fingerprint density at radius 3 is 2.47 bits per heavy atom. The minimum Gasteiger partial charge on any atom is -0.503 e. The minimum atomic E-state index is -0.872. The number of hydrogen-bond donors (Lipinski definition) is 1. The van der Waals surface area contributed by atoms with Gasteiger partial charge in [0.15, 0.2) is 22.9 Å². The molecule has 3 aromatic rings. The van der Waals surface area contributed by atoms with Gasteiger partial charge in [-0.1, -0.05) is 12.1 Å². The zero-order chi connectivity index (χ0) is 26.0. The number of carbonyl (C=O) groups is 2. The molecule has 0 radical (unpaired) electrons. The highest BCUT2D eigenvalue weighted by Gasteiger charge is 2.45. The second-order valence-corrected chi connectivity index (χ2v) is 8.75. The molecule has 2 heterocycles. The number of Topliss-reactive ketones (excluding diaryl/α,β-unsaturated/α-hetero) is 1. The Labute approximate surface area is 209 Å². The highest BCUT2D eigenvalue weighted by atomic mass is 16.5. The van der Waals surface area contributed by atoms with Crippen LogP contribution < -0.4 is 14.2 Å². The number of benzene rings is 2. The number of ketones is 1. The number of hydrogen-bond acceptors (Lipinski definition) is 8. The van der Waals surface area contributed by atoms with Crippen LogP contribution in [-0.2, 0) is 4.79 Å². The first-order chi connectivity index (χ1) is 17.3. The van der Waals surface area contributed by atoms with Crippen molar-refractivity contribution in [3.05, 3.63) is 65.1 Å². The van der Waals surface area contributed by atoms with E-state index in [2.05, 4.69) is 0 Å². The fourth-order valence-electron chi connectivity index (χ4n) is 4.48. The van der Waals surface area contributed by atoms with Gasteiger partial charge >= 0.3 is 0 Å². The maximum absolute atomic E-state index is 13.8. The Morgan fingerprint density at radius 2 is 1.81 bits per heavy atom. The van der Waals surface area contributed by atoms with E-state index in [1.807, 2.05) is 19.0 Å². The van der Waals surface area contributed by atoms with Gasteiger partial charge < -0.3 is 33.5 Å². The molecule has 1 N–H and O–H groups in total. The molecule has 9 heteroatoms. The van der Waals surface area contributed by atoms with Crippen LogP contribution in [-0.4, -0.2) is 75.1 Å². The maximum Gasteiger partial charge on any atom is 0.290 e. The van der Waals surface area contributed by atoms with Crippen molar-refractivity contribution in [3.63, 3.8) is 0 Å². The molecule has 0 fully saturated rings. The normalized spacial score (nSPS) is 15.8. The summed E-state index contributed by atoms with van der Waals surface area (Å²) in [4.78, 5) is 30.5. The molecule has 1 aliphatic rings. The third-order valence-electron chi connectivity index (χ3n) is 6.24. The van der Waals surface area contributed by atoms with Crippen molar-refractivity contribution in [2.45, 2.75) is 12.5 Å². The molecule has 1 atom stereocenters. The van der Waals surface area contributed by atoms with Crippen molar-refractivity contribution in [1.29, 1.82) is 0 Å². The molecule has 0 aliphatic carbocycles. The van der Waals surface area contributed by atoms with Gasteiger partial charge in [0.05, 0.1) is 32.9 Å². The van der Waals surface area contributed by atoms with E-state index in [-0.39, 0.29) is 11.3 Å². The molecule has 4 rings (SSSR count). The Morgan fingerprint density at radius 1 is 1.06 bits per heavy atom. The molecular weight excluding hydrogens is 464 g/mol. The first-order valence-electron chi connectivity index (χ1n) is 11.5. The first-order valence-corrected chi connectivity index (χ1v) is 11.5. The van der Waals surface area contributed by atoms with Crippen LogP contribution in [0.15, 0.2) is 58.2 Å². The number of aliphatic hydroxyl groups excluding tert-OH is 1. The summed E-state index contributed by atoms with van der Waals surface area (Å²) >= 11 is 0. The van der Waals surface area contributed by atoms with Crippen molar-refractivity contribution < 1.29 is 33.3 Å². The Bertz CT molecular complexity index is 1320. The monoisotopic (exact) mass is 494 g/mol. The van der Waals surface area contributed by atoms with Crippen molar-refractivity contribution in [3.8, 4) is 17.2 Å². The molecule has 1 aliphatic heterocycles. The number of carbonyl (C=O) groups excluding carboxylic acids is 2. The molecule has 1 unspecified atom stereocenters. The predicted molar refractivity (Wildman–Crippen MR) is 134 cm³/mol. The Hall–Kier alpha value is -3.98.